The number of rotatable bonds is 6. The van der Waals surface area contributed by atoms with Gasteiger partial charge in [-0.3, -0.25) is 9.78 Å². The van der Waals surface area contributed by atoms with Crippen molar-refractivity contribution in [2.24, 2.45) is 16.7 Å². The van der Waals surface area contributed by atoms with Crippen molar-refractivity contribution in [3.05, 3.63) is 35.5 Å². The van der Waals surface area contributed by atoms with Crippen LogP contribution in [0, 0.1) is 16.7 Å². The lowest BCUT2D eigenvalue weighted by atomic mass is 9.57. The molecule has 1 heterocycles. The summed E-state index contributed by atoms with van der Waals surface area (Å²) in [6, 6.07) is 6.23. The number of nitrogens with one attached hydrogen (secondary N) is 1. The second kappa shape index (κ2) is 9.68. The Kier molecular flexibility index (Phi) is 6.94. The number of aliphatic carboxylic acids is 1. The summed E-state index contributed by atoms with van der Waals surface area (Å²) in [6.45, 7) is 7.09. The highest BCUT2D eigenvalue weighted by Crippen LogP contribution is 2.52. The van der Waals surface area contributed by atoms with E-state index in [0.29, 0.717) is 42.9 Å². The first-order chi connectivity index (χ1) is 17.8. The fourth-order valence-electron chi connectivity index (χ4n) is 6.99. The lowest BCUT2D eigenvalue weighted by molar-refractivity contribution is -0.156. The monoisotopic (exact) mass is 532 g/mol. The van der Waals surface area contributed by atoms with E-state index in [4.69, 9.17) is 4.74 Å². The Bertz CT molecular complexity index is 1170. The second-order valence-corrected chi connectivity index (χ2v) is 13.0. The Hall–Kier alpha value is -2.35. The molecule has 2 aromatic rings. The maximum absolute atomic E-state index is 14.3. The van der Waals surface area contributed by atoms with Crippen molar-refractivity contribution in [1.29, 1.82) is 0 Å². The van der Waals surface area contributed by atoms with Crippen LogP contribution >= 0.6 is 0 Å². The minimum absolute atomic E-state index is 0.0573. The van der Waals surface area contributed by atoms with Crippen LogP contribution in [0.2, 0.25) is 0 Å². The number of nitrogens with zero attached hydrogens (tertiary/aromatic N) is 1. The van der Waals surface area contributed by atoms with Crippen molar-refractivity contribution in [3.8, 4) is 5.75 Å². The van der Waals surface area contributed by atoms with E-state index >= 15 is 0 Å². The van der Waals surface area contributed by atoms with Gasteiger partial charge in [0.1, 0.15) is 11.3 Å². The van der Waals surface area contributed by atoms with Crippen LogP contribution in [-0.4, -0.2) is 27.7 Å². The number of carboxylic acid groups (broad SMARTS) is 1. The van der Waals surface area contributed by atoms with Crippen molar-refractivity contribution in [2.75, 3.05) is 0 Å². The van der Waals surface area contributed by atoms with Crippen LogP contribution in [0.4, 0.5) is 13.2 Å². The molecule has 208 valence electrons. The molecule has 6 rings (SSSR count). The van der Waals surface area contributed by atoms with Crippen LogP contribution in [0.5, 0.6) is 5.75 Å². The zero-order valence-electron chi connectivity index (χ0n) is 22.6. The molecule has 5 nitrogen and oxygen atoms in total. The van der Waals surface area contributed by atoms with E-state index < -0.39 is 23.1 Å². The van der Waals surface area contributed by atoms with Crippen molar-refractivity contribution in [2.45, 2.75) is 109 Å². The number of hydrogen-bond donors (Lipinski definition) is 2. The first-order valence-corrected chi connectivity index (χ1v) is 14.0. The number of halogens is 3. The highest BCUT2D eigenvalue weighted by atomic mass is 19.4. The third-order valence-corrected chi connectivity index (χ3v) is 9.71. The van der Waals surface area contributed by atoms with Crippen LogP contribution in [0.3, 0.4) is 0 Å². The smallest absolute Gasteiger partial charge is 0.420 e. The van der Waals surface area contributed by atoms with Crippen LogP contribution in [-0.2, 0) is 17.5 Å². The molecular weight excluding hydrogens is 493 g/mol. The lowest BCUT2D eigenvalue weighted by Crippen LogP contribution is -2.56. The van der Waals surface area contributed by atoms with Gasteiger partial charge in [-0.25, -0.2) is 0 Å². The summed E-state index contributed by atoms with van der Waals surface area (Å²) in [4.78, 5) is 16.3. The molecule has 0 atom stereocenters. The fourth-order valence-corrected chi connectivity index (χ4v) is 6.99. The Morgan fingerprint density at radius 3 is 2.18 bits per heavy atom. The summed E-state index contributed by atoms with van der Waals surface area (Å²) in [5, 5.41) is 13.3. The Balaban J connectivity index is 1.31. The molecule has 0 radical (unpaired) electrons. The summed E-state index contributed by atoms with van der Waals surface area (Å²) in [6.07, 6.45) is 3.04. The van der Waals surface area contributed by atoms with Gasteiger partial charge >= 0.3 is 12.1 Å². The van der Waals surface area contributed by atoms with Crippen molar-refractivity contribution in [1.82, 2.24) is 10.3 Å². The number of fused-ring (bicyclic) bond motifs is 4. The topological polar surface area (TPSA) is 71.5 Å². The SMILES string of the molecule is CC(C)(C)[C@H]1CC[C@H](Oc2ccc3nc(CNC45CCC(C(=O)O)(CC4)CC5)ccc3c2C(F)(F)F)CC1. The van der Waals surface area contributed by atoms with E-state index in [9.17, 15) is 23.1 Å². The summed E-state index contributed by atoms with van der Waals surface area (Å²) < 4.78 is 48.8. The van der Waals surface area contributed by atoms with Gasteiger partial charge in [-0.15, -0.1) is 0 Å². The quantitative estimate of drug-likeness (QED) is 0.403. The zero-order valence-corrected chi connectivity index (χ0v) is 22.6. The molecule has 2 N–H and O–H groups in total. The van der Waals surface area contributed by atoms with Crippen LogP contribution < -0.4 is 10.1 Å². The van der Waals surface area contributed by atoms with Gasteiger partial charge in [0.15, 0.2) is 0 Å². The van der Waals surface area contributed by atoms with Gasteiger partial charge < -0.3 is 15.2 Å². The molecule has 1 aromatic carbocycles. The zero-order chi connectivity index (χ0) is 27.3. The molecule has 1 aromatic heterocycles. The van der Waals surface area contributed by atoms with Crippen molar-refractivity contribution >= 4 is 16.9 Å². The summed E-state index contributed by atoms with van der Waals surface area (Å²) in [5.74, 6) is -0.246. The maximum Gasteiger partial charge on any atom is 0.420 e. The van der Waals surface area contributed by atoms with Gasteiger partial charge in [-0.05, 0) is 93.7 Å². The van der Waals surface area contributed by atoms with Crippen LogP contribution in [0.15, 0.2) is 24.3 Å². The third kappa shape index (κ3) is 5.25. The molecule has 4 saturated carbocycles. The molecule has 4 fully saturated rings. The predicted molar refractivity (Wildman–Crippen MR) is 140 cm³/mol. The number of carbonyl (C=O) groups is 1. The molecule has 8 heteroatoms. The summed E-state index contributed by atoms with van der Waals surface area (Å²) in [5.41, 5.74) is -0.271. The van der Waals surface area contributed by atoms with Gasteiger partial charge in [0.05, 0.1) is 22.7 Å². The van der Waals surface area contributed by atoms with Crippen LogP contribution in [0.1, 0.15) is 96.2 Å². The highest BCUT2D eigenvalue weighted by molar-refractivity contribution is 5.85. The Morgan fingerprint density at radius 2 is 1.63 bits per heavy atom. The first-order valence-electron chi connectivity index (χ1n) is 14.0. The first kappa shape index (κ1) is 27.2. The Labute approximate surface area is 222 Å². The average Bonchev–Trinajstić information content (AvgIpc) is 2.87. The number of benzene rings is 1. The molecule has 0 unspecified atom stereocenters. The molecule has 4 aliphatic rings. The second-order valence-electron chi connectivity index (χ2n) is 13.0. The van der Waals surface area contributed by atoms with E-state index in [0.717, 1.165) is 44.9 Å². The number of pyridine rings is 1. The predicted octanol–water partition coefficient (Wildman–Crippen LogP) is 7.50. The van der Waals surface area contributed by atoms with Gasteiger partial charge in [0, 0.05) is 17.5 Å². The third-order valence-electron chi connectivity index (χ3n) is 9.71. The van der Waals surface area contributed by atoms with E-state index in [-0.39, 0.29) is 28.2 Å². The molecular formula is C30H39F3N2O3. The van der Waals surface area contributed by atoms with Gasteiger partial charge in [-0.2, -0.15) is 13.2 Å². The molecule has 4 aliphatic carbocycles. The van der Waals surface area contributed by atoms with E-state index in [1.165, 1.54) is 12.1 Å². The van der Waals surface area contributed by atoms with Gasteiger partial charge in [0.2, 0.25) is 0 Å². The molecule has 2 bridgehead atoms. The van der Waals surface area contributed by atoms with E-state index in [1.807, 2.05) is 0 Å². The molecule has 38 heavy (non-hydrogen) atoms. The minimum Gasteiger partial charge on any atom is -0.490 e. The normalized spacial score (nSPS) is 29.9. The average molecular weight is 533 g/mol. The number of hydrogen-bond acceptors (Lipinski definition) is 4. The highest BCUT2D eigenvalue weighted by Gasteiger charge is 2.52. The molecule has 0 amide bonds. The van der Waals surface area contributed by atoms with E-state index in [1.54, 1.807) is 12.1 Å². The van der Waals surface area contributed by atoms with Gasteiger partial charge in [-0.1, -0.05) is 26.8 Å². The number of carboxylic acids is 1. The number of aromatic nitrogens is 1. The molecule has 0 aliphatic heterocycles. The number of ether oxygens (including phenoxy) is 1. The van der Waals surface area contributed by atoms with Crippen molar-refractivity contribution < 1.29 is 27.8 Å². The summed E-state index contributed by atoms with van der Waals surface area (Å²) >= 11 is 0. The fraction of sp³-hybridized carbons (Fsp3) is 0.667. The molecule has 0 spiro atoms. The number of alkyl halides is 3. The summed E-state index contributed by atoms with van der Waals surface area (Å²) in [7, 11) is 0. The van der Waals surface area contributed by atoms with E-state index in [2.05, 4.69) is 31.1 Å². The maximum atomic E-state index is 14.3. The minimum atomic E-state index is -4.56. The van der Waals surface area contributed by atoms with Gasteiger partial charge in [0.25, 0.3) is 0 Å². The Morgan fingerprint density at radius 1 is 1.00 bits per heavy atom. The van der Waals surface area contributed by atoms with Crippen molar-refractivity contribution in [3.63, 3.8) is 0 Å². The largest absolute Gasteiger partial charge is 0.490 e. The molecule has 0 saturated heterocycles. The van der Waals surface area contributed by atoms with Crippen LogP contribution in [0.25, 0.3) is 10.9 Å². The lowest BCUT2D eigenvalue weighted by Gasteiger charge is -2.51. The standard InChI is InChI=1S/C30H39F3N2O3/c1-27(2,3)19-4-7-21(8-5-19)38-24-11-10-23-22(25(24)30(31,32)33)9-6-20(35-23)18-34-29-15-12-28(13-16-29,14-17-29)26(36)37/h6,9-11,19,21,34H,4-5,7-8,12-18H2,1-3H3,(H,36,37)/t19-,21-,28?,29?.